The van der Waals surface area contributed by atoms with Gasteiger partial charge in [0.15, 0.2) is 0 Å². The van der Waals surface area contributed by atoms with Crippen LogP contribution >= 0.6 is 58.0 Å². The summed E-state index contributed by atoms with van der Waals surface area (Å²) >= 11 is 29.3. The highest BCUT2D eigenvalue weighted by Gasteiger charge is 2.42. The number of imidazole rings is 2. The molecule has 3 aliphatic rings. The first-order valence-electron chi connectivity index (χ1n) is 19.1. The summed E-state index contributed by atoms with van der Waals surface area (Å²) < 4.78 is 17.0. The topological polar surface area (TPSA) is 54.1 Å². The number of fused-ring (bicyclic) bond motifs is 5. The van der Waals surface area contributed by atoms with Crippen LogP contribution in [0.1, 0.15) is 29.5 Å². The smallest absolute Gasteiger partial charge is 0.141 e. The highest BCUT2D eigenvalue weighted by Crippen LogP contribution is 2.45. The Balaban J connectivity index is 0.000000120. The van der Waals surface area contributed by atoms with Gasteiger partial charge in [0.05, 0.1) is 59.8 Å². The van der Waals surface area contributed by atoms with E-state index in [4.69, 9.17) is 58.0 Å². The molecule has 3 aliphatic heterocycles. The number of rotatable bonds is 1. The van der Waals surface area contributed by atoms with E-state index in [1.54, 1.807) is 36.4 Å². The van der Waals surface area contributed by atoms with Crippen molar-refractivity contribution in [2.45, 2.75) is 31.6 Å². The molecule has 10 rings (SSSR count). The molecule has 1 N–H and O–H groups in total. The fourth-order valence-corrected chi connectivity index (χ4v) is 8.92. The number of anilines is 2. The Morgan fingerprint density at radius 3 is 2.12 bits per heavy atom. The van der Waals surface area contributed by atoms with E-state index in [0.29, 0.717) is 25.5 Å². The first kappa shape index (κ1) is 42.1. The maximum atomic E-state index is 13.2. The van der Waals surface area contributed by atoms with Gasteiger partial charge < -0.3 is 24.3 Å². The predicted octanol–water partition coefficient (Wildman–Crippen LogP) is 12.0. The second-order valence-corrected chi connectivity index (χ2v) is 17.3. The van der Waals surface area contributed by atoms with Crippen molar-refractivity contribution in [3.05, 3.63) is 139 Å². The van der Waals surface area contributed by atoms with Gasteiger partial charge >= 0.3 is 0 Å². The van der Waals surface area contributed by atoms with Gasteiger partial charge in [-0.1, -0.05) is 93.9 Å². The van der Waals surface area contributed by atoms with E-state index in [1.807, 2.05) is 59.6 Å². The van der Waals surface area contributed by atoms with E-state index in [0.717, 1.165) is 46.2 Å². The minimum Gasteiger partial charge on any atom is -0.374 e. The molecule has 0 aliphatic carbocycles. The van der Waals surface area contributed by atoms with Crippen LogP contribution in [0, 0.1) is 12.7 Å². The number of hydrogen-bond acceptors (Lipinski definition) is 5. The number of likely N-dealkylation sites (N-methyl/N-ethyl adjacent to an activating group) is 2. The molecule has 0 atom stereocenters. The molecule has 1 saturated heterocycles. The molecule has 7 aromatic rings. The average molecular weight is 880 g/mol. The van der Waals surface area contributed by atoms with E-state index in [2.05, 4.69) is 64.3 Å². The number of nitrogens with zero attached hydrogens (tertiary/aromatic N) is 6. The van der Waals surface area contributed by atoms with Gasteiger partial charge in [0.2, 0.25) is 0 Å². The van der Waals surface area contributed by atoms with Gasteiger partial charge in [0.25, 0.3) is 0 Å². The molecule has 302 valence electrons. The van der Waals surface area contributed by atoms with E-state index >= 15 is 0 Å². The van der Waals surface area contributed by atoms with Gasteiger partial charge in [-0.2, -0.15) is 0 Å². The van der Waals surface area contributed by atoms with E-state index in [9.17, 15) is 4.39 Å². The normalized spacial score (nSPS) is 15.0. The van der Waals surface area contributed by atoms with Crippen LogP contribution < -0.4 is 15.1 Å². The molecular weight excluding hydrogens is 835 g/mol. The number of aryl methyl sites for hydroxylation is 3. The largest absolute Gasteiger partial charge is 0.374 e. The lowest BCUT2D eigenvalue weighted by Gasteiger charge is -2.34. The van der Waals surface area contributed by atoms with Crippen molar-refractivity contribution in [1.29, 1.82) is 0 Å². The molecule has 0 saturated carbocycles. The lowest BCUT2D eigenvalue weighted by molar-refractivity contribution is 0.327. The minimum atomic E-state index is -0.409. The molecule has 0 unspecified atom stereocenters. The number of para-hydroxylation sites is 1. The Labute approximate surface area is 364 Å². The van der Waals surface area contributed by atoms with Crippen LogP contribution in [-0.2, 0) is 25.9 Å². The fraction of sp³-hybridized carbons (Fsp3) is 0.289. The zero-order valence-corrected chi connectivity index (χ0v) is 36.8. The lowest BCUT2D eigenvalue weighted by atomic mass is 9.74. The third-order valence-electron chi connectivity index (χ3n) is 11.2. The maximum Gasteiger partial charge on any atom is 0.141 e. The summed E-state index contributed by atoms with van der Waals surface area (Å²) in [6.45, 7) is 6.80. The van der Waals surface area contributed by atoms with Gasteiger partial charge in [-0.3, -0.25) is 0 Å². The van der Waals surface area contributed by atoms with Crippen molar-refractivity contribution in [2.75, 3.05) is 50.1 Å². The first-order chi connectivity index (χ1) is 27.7. The van der Waals surface area contributed by atoms with Crippen LogP contribution in [0.25, 0.3) is 33.2 Å². The fourth-order valence-electron chi connectivity index (χ4n) is 8.08. The Kier molecular flexibility index (Phi) is 12.8. The molecule has 2 aromatic heterocycles. The van der Waals surface area contributed by atoms with Gasteiger partial charge in [-0.25, -0.2) is 14.4 Å². The highest BCUT2D eigenvalue weighted by molar-refractivity contribution is 6.43. The van der Waals surface area contributed by atoms with Crippen molar-refractivity contribution in [1.82, 2.24) is 24.4 Å². The molecule has 0 bridgehead atoms. The molecule has 0 radical (unpaired) electrons. The van der Waals surface area contributed by atoms with Crippen LogP contribution in [0.15, 0.2) is 91.5 Å². The number of aromatic nitrogens is 4. The molecular formula is C45H45Cl5FN7. The lowest BCUT2D eigenvalue weighted by Crippen LogP contribution is -2.42. The molecule has 0 amide bonds. The molecule has 5 heterocycles. The van der Waals surface area contributed by atoms with Crippen LogP contribution in [0.5, 0.6) is 0 Å². The van der Waals surface area contributed by atoms with E-state index < -0.39 is 5.82 Å². The summed E-state index contributed by atoms with van der Waals surface area (Å²) in [5.74, 6) is -0.409. The van der Waals surface area contributed by atoms with Gasteiger partial charge in [0, 0.05) is 63.6 Å². The van der Waals surface area contributed by atoms with Crippen molar-refractivity contribution in [3.63, 3.8) is 0 Å². The van der Waals surface area contributed by atoms with Gasteiger partial charge in [0.1, 0.15) is 5.82 Å². The molecule has 1 fully saturated rings. The van der Waals surface area contributed by atoms with Crippen molar-refractivity contribution in [3.8, 4) is 11.1 Å². The second-order valence-electron chi connectivity index (χ2n) is 15.2. The van der Waals surface area contributed by atoms with E-state index in [-0.39, 0.29) is 5.02 Å². The molecule has 5 aromatic carbocycles. The quantitative estimate of drug-likeness (QED) is 0.178. The maximum absolute atomic E-state index is 13.2. The Morgan fingerprint density at radius 2 is 1.36 bits per heavy atom. The second kappa shape index (κ2) is 17.7. The summed E-state index contributed by atoms with van der Waals surface area (Å²) in [4.78, 5) is 13.1. The minimum absolute atomic E-state index is 0.125. The molecule has 13 heteroatoms. The summed E-state index contributed by atoms with van der Waals surface area (Å²) in [6.07, 6.45) is 7.14. The molecule has 1 spiro atoms. The summed E-state index contributed by atoms with van der Waals surface area (Å²) in [7, 11) is 8.15. The predicted molar refractivity (Wildman–Crippen MR) is 244 cm³/mol. The van der Waals surface area contributed by atoms with Crippen molar-refractivity contribution in [2.24, 2.45) is 14.1 Å². The number of benzene rings is 5. The van der Waals surface area contributed by atoms with Crippen molar-refractivity contribution < 1.29 is 4.39 Å². The third kappa shape index (κ3) is 8.79. The summed E-state index contributed by atoms with van der Waals surface area (Å²) in [5.41, 5.74) is 13.0. The monoisotopic (exact) mass is 877 g/mol. The highest BCUT2D eigenvalue weighted by atomic mass is 35.5. The van der Waals surface area contributed by atoms with Crippen LogP contribution in [0.3, 0.4) is 0 Å². The Hall–Kier alpha value is -4.02. The van der Waals surface area contributed by atoms with Gasteiger partial charge in [-0.05, 0) is 104 Å². The number of nitrogens with one attached hydrogen (secondary N) is 1. The van der Waals surface area contributed by atoms with Gasteiger partial charge in [-0.15, -0.1) is 0 Å². The van der Waals surface area contributed by atoms with Crippen LogP contribution in [-0.4, -0.2) is 59.4 Å². The summed E-state index contributed by atoms with van der Waals surface area (Å²) in [5, 5.41) is 6.01. The standard InChI is InChI=1S/C14H10ClFN2.C14H20N2.C9H9Cl2N.C8H6Cl2N2/c1-18-8-17-14-10(3-2-4-13(14)18)9-5-6-12(16)11(15)7-9;1-11-3-4-13-12(9-11)14(10-16(13)2)5-7-15-8-6-14;1-12-3-2-6-4-7(10)8(11)5-9(6)12;1-12-4-11-7-2-5(9)6(10)3-8(7)12/h2-8H,1H3;3-4,9,15H,5-8,10H2,1-2H3;4-5H,2-3H2,1H3;2-4H,1H3. The zero-order chi connectivity index (χ0) is 41.3. The Morgan fingerprint density at radius 1 is 0.672 bits per heavy atom. The zero-order valence-electron chi connectivity index (χ0n) is 33.1. The van der Waals surface area contributed by atoms with Crippen LogP contribution in [0.2, 0.25) is 25.1 Å². The molecule has 7 nitrogen and oxygen atoms in total. The van der Waals surface area contributed by atoms with E-state index in [1.165, 1.54) is 61.0 Å². The first-order valence-corrected chi connectivity index (χ1v) is 21.0. The number of halogens is 6. The SMILES string of the molecule is CN1CCc2cc(Cl)c(Cl)cc21.Cc1ccc2c(c1)C1(CCNCC1)CN2C.Cn1cnc2c(-c3ccc(F)c(Cl)c3)cccc21.Cn1cnc2cc(Cl)c(Cl)cc21. The third-order valence-corrected chi connectivity index (χ3v) is 13.0. The average Bonchev–Trinajstić information content (AvgIpc) is 3.95. The van der Waals surface area contributed by atoms with Crippen molar-refractivity contribution >= 4 is 91.4 Å². The Bertz CT molecular complexity index is 2600. The summed E-state index contributed by atoms with van der Waals surface area (Å²) in [6, 6.07) is 25.0. The number of hydrogen-bond donors (Lipinski definition) is 1. The van der Waals surface area contributed by atoms with Crippen LogP contribution in [0.4, 0.5) is 15.8 Å². The number of piperidine rings is 1. The molecule has 58 heavy (non-hydrogen) atoms.